The molecule has 0 aliphatic carbocycles. The van der Waals surface area contributed by atoms with Crippen LogP contribution in [0.3, 0.4) is 0 Å². The van der Waals surface area contributed by atoms with Crippen LogP contribution in [0.2, 0.25) is 0 Å². The lowest BCUT2D eigenvalue weighted by Crippen LogP contribution is -2.46. The van der Waals surface area contributed by atoms with Crippen LogP contribution < -0.4 is 10.9 Å². The minimum atomic E-state index is -0.427. The van der Waals surface area contributed by atoms with E-state index in [1.807, 2.05) is 12.1 Å². The van der Waals surface area contributed by atoms with Crippen LogP contribution in [0.25, 0.3) is 0 Å². The van der Waals surface area contributed by atoms with Crippen LogP contribution >= 0.6 is 0 Å². The van der Waals surface area contributed by atoms with Crippen molar-refractivity contribution in [2.45, 2.75) is 51.6 Å². The monoisotopic (exact) mass is 304 g/mol. The van der Waals surface area contributed by atoms with Crippen LogP contribution in [-0.4, -0.2) is 24.5 Å². The third kappa shape index (κ3) is 4.84. The number of carbonyl (C=O) groups excluding carboxylic acids is 2. The van der Waals surface area contributed by atoms with Crippen LogP contribution in [0.4, 0.5) is 0 Å². The van der Waals surface area contributed by atoms with Gasteiger partial charge in [0.05, 0.1) is 0 Å². The molecule has 1 unspecified atom stereocenters. The van der Waals surface area contributed by atoms with Crippen molar-refractivity contribution in [3.8, 4) is 0 Å². The van der Waals surface area contributed by atoms with Gasteiger partial charge in [-0.15, -0.1) is 0 Å². The van der Waals surface area contributed by atoms with Crippen LogP contribution in [0.5, 0.6) is 0 Å². The first-order chi connectivity index (χ1) is 10.6. The fourth-order valence-corrected chi connectivity index (χ4v) is 2.39. The van der Waals surface area contributed by atoms with Crippen molar-refractivity contribution in [3.63, 3.8) is 0 Å². The van der Waals surface area contributed by atoms with Crippen molar-refractivity contribution in [2.24, 2.45) is 0 Å². The number of benzene rings is 1. The van der Waals surface area contributed by atoms with Gasteiger partial charge >= 0.3 is 0 Å². The molecule has 2 rings (SSSR count). The van der Waals surface area contributed by atoms with Gasteiger partial charge in [-0.1, -0.05) is 38.1 Å². The standard InChI is InChI=1S/C17H24N2O3/c1-12(2)14-8-5-13(6-9-14)7-10-16(20)18-19-17(21)15-4-3-11-22-15/h5-6,8-9,12,15H,3-4,7,10-11H2,1-2H3,(H,18,20)(H,19,21). The first-order valence-corrected chi connectivity index (χ1v) is 7.85. The summed E-state index contributed by atoms with van der Waals surface area (Å²) < 4.78 is 5.24. The predicted octanol–water partition coefficient (Wildman–Crippen LogP) is 2.07. The molecule has 1 aliphatic rings. The van der Waals surface area contributed by atoms with Crippen molar-refractivity contribution in [1.82, 2.24) is 10.9 Å². The third-order valence-electron chi connectivity index (χ3n) is 3.83. The highest BCUT2D eigenvalue weighted by Gasteiger charge is 2.23. The molecule has 0 aromatic heterocycles. The number of hydrazine groups is 1. The number of hydrogen-bond donors (Lipinski definition) is 2. The summed E-state index contributed by atoms with van der Waals surface area (Å²) in [6, 6.07) is 8.29. The lowest BCUT2D eigenvalue weighted by atomic mass is 10.0. The molecule has 0 spiro atoms. The van der Waals surface area contributed by atoms with Crippen LogP contribution in [0.1, 0.15) is 50.2 Å². The van der Waals surface area contributed by atoms with Gasteiger partial charge < -0.3 is 4.74 Å². The van der Waals surface area contributed by atoms with Crippen molar-refractivity contribution in [3.05, 3.63) is 35.4 Å². The molecular weight excluding hydrogens is 280 g/mol. The second-order valence-corrected chi connectivity index (χ2v) is 5.94. The van der Waals surface area contributed by atoms with E-state index in [4.69, 9.17) is 4.74 Å². The third-order valence-corrected chi connectivity index (χ3v) is 3.83. The molecule has 0 radical (unpaired) electrons. The Hall–Kier alpha value is -1.88. The zero-order valence-corrected chi connectivity index (χ0v) is 13.2. The van der Waals surface area contributed by atoms with Crippen molar-refractivity contribution < 1.29 is 14.3 Å². The molecule has 22 heavy (non-hydrogen) atoms. The topological polar surface area (TPSA) is 67.4 Å². The Balaban J connectivity index is 1.69. The molecule has 0 saturated carbocycles. The fourth-order valence-electron chi connectivity index (χ4n) is 2.39. The molecule has 1 fully saturated rings. The van der Waals surface area contributed by atoms with E-state index in [-0.39, 0.29) is 11.8 Å². The quantitative estimate of drug-likeness (QED) is 0.818. The Morgan fingerprint density at radius 2 is 1.95 bits per heavy atom. The number of carbonyl (C=O) groups is 2. The van der Waals surface area contributed by atoms with Gasteiger partial charge in [0, 0.05) is 13.0 Å². The minimum absolute atomic E-state index is 0.195. The van der Waals surface area contributed by atoms with Crippen LogP contribution in [0, 0.1) is 0 Å². The first-order valence-electron chi connectivity index (χ1n) is 7.85. The van der Waals surface area contributed by atoms with Gasteiger partial charge in [0.2, 0.25) is 5.91 Å². The van der Waals surface area contributed by atoms with E-state index in [2.05, 4.69) is 36.8 Å². The minimum Gasteiger partial charge on any atom is -0.368 e. The van der Waals surface area contributed by atoms with E-state index in [0.717, 1.165) is 12.0 Å². The van der Waals surface area contributed by atoms with Gasteiger partial charge in [-0.3, -0.25) is 20.4 Å². The highest BCUT2D eigenvalue weighted by atomic mass is 16.5. The molecule has 1 heterocycles. The first kappa shape index (κ1) is 16.5. The van der Waals surface area contributed by atoms with Crippen molar-refractivity contribution in [2.75, 3.05) is 6.61 Å². The maximum Gasteiger partial charge on any atom is 0.267 e. The van der Waals surface area contributed by atoms with Gasteiger partial charge in [0.1, 0.15) is 6.10 Å². The van der Waals surface area contributed by atoms with Gasteiger partial charge in [-0.2, -0.15) is 0 Å². The van der Waals surface area contributed by atoms with Crippen LogP contribution in [-0.2, 0) is 20.7 Å². The summed E-state index contributed by atoms with van der Waals surface area (Å²) in [7, 11) is 0. The van der Waals surface area contributed by atoms with Gasteiger partial charge in [-0.05, 0) is 36.3 Å². The number of ether oxygens (including phenoxy) is 1. The Kier molecular flexibility index (Phi) is 5.95. The zero-order chi connectivity index (χ0) is 15.9. The summed E-state index contributed by atoms with van der Waals surface area (Å²) in [5.41, 5.74) is 7.27. The molecule has 1 aliphatic heterocycles. The second kappa shape index (κ2) is 7.94. The smallest absolute Gasteiger partial charge is 0.267 e. The molecule has 1 aromatic carbocycles. The molecule has 2 amide bonds. The number of aryl methyl sites for hydroxylation is 1. The summed E-state index contributed by atoms with van der Waals surface area (Å²) in [5.74, 6) is 0.0387. The fraction of sp³-hybridized carbons (Fsp3) is 0.529. The van der Waals surface area contributed by atoms with Crippen molar-refractivity contribution >= 4 is 11.8 Å². The SMILES string of the molecule is CC(C)c1ccc(CCC(=O)NNC(=O)C2CCCO2)cc1. The van der Waals surface area contributed by atoms with Gasteiger partial charge in [0.25, 0.3) is 5.91 Å². The number of nitrogens with one attached hydrogen (secondary N) is 2. The highest BCUT2D eigenvalue weighted by Crippen LogP contribution is 2.15. The zero-order valence-electron chi connectivity index (χ0n) is 13.2. The Bertz CT molecular complexity index is 505. The largest absolute Gasteiger partial charge is 0.368 e. The molecule has 0 bridgehead atoms. The summed E-state index contributed by atoms with van der Waals surface area (Å²) >= 11 is 0. The van der Waals surface area contributed by atoms with E-state index >= 15 is 0 Å². The second-order valence-electron chi connectivity index (χ2n) is 5.94. The average molecular weight is 304 g/mol. The summed E-state index contributed by atoms with van der Waals surface area (Å²) in [6.45, 7) is 4.91. The van der Waals surface area contributed by atoms with Crippen molar-refractivity contribution in [1.29, 1.82) is 0 Å². The molecule has 120 valence electrons. The normalized spacial score (nSPS) is 17.5. The Morgan fingerprint density at radius 1 is 1.23 bits per heavy atom. The number of hydrogen-bond acceptors (Lipinski definition) is 3. The van der Waals surface area contributed by atoms with E-state index in [1.54, 1.807) is 0 Å². The number of amides is 2. The average Bonchev–Trinajstić information content (AvgIpc) is 3.05. The molecule has 5 nitrogen and oxygen atoms in total. The number of rotatable bonds is 5. The summed E-state index contributed by atoms with van der Waals surface area (Å²) in [5, 5.41) is 0. The molecule has 1 saturated heterocycles. The molecule has 5 heteroatoms. The van der Waals surface area contributed by atoms with E-state index in [0.29, 0.717) is 31.8 Å². The summed E-state index contributed by atoms with van der Waals surface area (Å²) in [4.78, 5) is 23.4. The van der Waals surface area contributed by atoms with Crippen LogP contribution in [0.15, 0.2) is 24.3 Å². The van der Waals surface area contributed by atoms with Gasteiger partial charge in [-0.25, -0.2) is 0 Å². The molecular formula is C17H24N2O3. The maximum atomic E-state index is 11.7. The lowest BCUT2D eigenvalue weighted by Gasteiger charge is -2.11. The Labute approximate surface area is 131 Å². The van der Waals surface area contributed by atoms with E-state index in [1.165, 1.54) is 5.56 Å². The Morgan fingerprint density at radius 3 is 2.55 bits per heavy atom. The van der Waals surface area contributed by atoms with E-state index in [9.17, 15) is 9.59 Å². The predicted molar refractivity (Wildman–Crippen MR) is 84.1 cm³/mol. The molecule has 1 atom stereocenters. The molecule has 2 N–H and O–H groups in total. The lowest BCUT2D eigenvalue weighted by molar-refractivity contribution is -0.134. The van der Waals surface area contributed by atoms with Gasteiger partial charge in [0.15, 0.2) is 0 Å². The highest BCUT2D eigenvalue weighted by molar-refractivity contribution is 5.84. The maximum absolute atomic E-state index is 11.7. The summed E-state index contributed by atoms with van der Waals surface area (Å²) in [6.07, 6.45) is 2.17. The molecule has 1 aromatic rings. The van der Waals surface area contributed by atoms with E-state index < -0.39 is 6.10 Å².